The number of aromatic nitrogens is 1. The summed E-state index contributed by atoms with van der Waals surface area (Å²) in [7, 11) is 5.43. The lowest BCUT2D eigenvalue weighted by molar-refractivity contribution is -0.134. The minimum atomic E-state index is 0.0560. The van der Waals surface area contributed by atoms with Crippen molar-refractivity contribution in [2.75, 3.05) is 27.7 Å². The van der Waals surface area contributed by atoms with E-state index in [0.717, 1.165) is 55.5 Å². The minimum absolute atomic E-state index is 0.0560. The van der Waals surface area contributed by atoms with E-state index in [4.69, 9.17) is 4.74 Å². The van der Waals surface area contributed by atoms with Gasteiger partial charge in [-0.15, -0.1) is 0 Å². The third kappa shape index (κ3) is 3.51. The number of likely N-dealkylation sites (N-methyl/N-ethyl adjacent to an activating group) is 1. The number of aryl methyl sites for hydroxylation is 1. The summed E-state index contributed by atoms with van der Waals surface area (Å²) >= 11 is 0. The highest BCUT2D eigenvalue weighted by molar-refractivity contribution is 5.81. The first-order chi connectivity index (χ1) is 13.6. The normalized spacial score (nSPS) is 22.0. The standard InChI is InChI=1S/C23H29N3O2/c1-25(2)23(27)21-5-4-12-26(21)19-9-8-16-13-18(7-6-17(16)14-19)20-15-24-11-10-22(20)28-3/h6-7,10-11,13,15,19,21H,4-5,8-9,12,14H2,1-3H3. The van der Waals surface area contributed by atoms with Gasteiger partial charge in [-0.1, -0.05) is 18.2 Å². The Bertz CT molecular complexity index is 865. The van der Waals surface area contributed by atoms with Crippen molar-refractivity contribution in [2.24, 2.45) is 0 Å². The number of hydrogen-bond acceptors (Lipinski definition) is 4. The monoisotopic (exact) mass is 379 g/mol. The highest BCUT2D eigenvalue weighted by atomic mass is 16.5. The lowest BCUT2D eigenvalue weighted by Gasteiger charge is -2.36. The smallest absolute Gasteiger partial charge is 0.239 e. The van der Waals surface area contributed by atoms with E-state index < -0.39 is 0 Å². The maximum atomic E-state index is 12.6. The van der Waals surface area contributed by atoms with Crippen molar-refractivity contribution in [3.63, 3.8) is 0 Å². The van der Waals surface area contributed by atoms with E-state index in [1.54, 1.807) is 18.2 Å². The van der Waals surface area contributed by atoms with Crippen molar-refractivity contribution in [2.45, 2.75) is 44.2 Å². The Balaban J connectivity index is 1.55. The van der Waals surface area contributed by atoms with Gasteiger partial charge in [-0.3, -0.25) is 14.7 Å². The van der Waals surface area contributed by atoms with E-state index in [2.05, 4.69) is 28.1 Å². The second kappa shape index (κ2) is 7.92. The number of carbonyl (C=O) groups is 1. The fraction of sp³-hybridized carbons (Fsp3) is 0.478. The van der Waals surface area contributed by atoms with Gasteiger partial charge in [0.05, 0.1) is 13.2 Å². The van der Waals surface area contributed by atoms with Crippen LogP contribution in [0.5, 0.6) is 5.75 Å². The summed E-state index contributed by atoms with van der Waals surface area (Å²) in [5, 5.41) is 0. The van der Waals surface area contributed by atoms with E-state index in [9.17, 15) is 4.79 Å². The molecule has 0 saturated carbocycles. The molecule has 2 aliphatic rings. The molecule has 1 aliphatic heterocycles. The lowest BCUT2D eigenvalue weighted by Crippen LogP contribution is -2.49. The van der Waals surface area contributed by atoms with Gasteiger partial charge in [0.2, 0.25) is 5.91 Å². The molecule has 1 aliphatic carbocycles. The summed E-state index contributed by atoms with van der Waals surface area (Å²) in [4.78, 5) is 21.0. The quantitative estimate of drug-likeness (QED) is 0.819. The molecule has 4 rings (SSSR count). The Labute approximate surface area is 167 Å². The van der Waals surface area contributed by atoms with Crippen LogP contribution in [0.2, 0.25) is 0 Å². The number of nitrogens with zero attached hydrogens (tertiary/aromatic N) is 3. The van der Waals surface area contributed by atoms with Gasteiger partial charge in [0.1, 0.15) is 5.75 Å². The molecule has 0 N–H and O–H groups in total. The molecule has 5 heteroatoms. The summed E-state index contributed by atoms with van der Waals surface area (Å²) in [5.41, 5.74) is 5.01. The molecule has 1 aromatic heterocycles. The van der Waals surface area contributed by atoms with Crippen molar-refractivity contribution < 1.29 is 9.53 Å². The van der Waals surface area contributed by atoms with E-state index in [1.807, 2.05) is 26.4 Å². The van der Waals surface area contributed by atoms with Gasteiger partial charge in [-0.05, 0) is 61.4 Å². The van der Waals surface area contributed by atoms with Crippen LogP contribution >= 0.6 is 0 Å². The predicted octanol–water partition coefficient (Wildman–Crippen LogP) is 3.17. The molecule has 1 aromatic carbocycles. The molecule has 1 saturated heterocycles. The first-order valence-electron chi connectivity index (χ1n) is 10.2. The Hall–Kier alpha value is -2.40. The molecule has 0 radical (unpaired) electrons. The van der Waals surface area contributed by atoms with Gasteiger partial charge in [-0.2, -0.15) is 0 Å². The molecule has 0 bridgehead atoms. The topological polar surface area (TPSA) is 45.7 Å². The zero-order chi connectivity index (χ0) is 19.7. The summed E-state index contributed by atoms with van der Waals surface area (Å²) < 4.78 is 5.50. The zero-order valence-corrected chi connectivity index (χ0v) is 17.0. The number of fused-ring (bicyclic) bond motifs is 1. The molecule has 5 nitrogen and oxygen atoms in total. The fourth-order valence-electron chi connectivity index (χ4n) is 4.75. The molecule has 2 aromatic rings. The largest absolute Gasteiger partial charge is 0.496 e. The van der Waals surface area contributed by atoms with Crippen LogP contribution in [0.25, 0.3) is 11.1 Å². The van der Waals surface area contributed by atoms with Gasteiger partial charge >= 0.3 is 0 Å². The summed E-state index contributed by atoms with van der Waals surface area (Å²) in [5.74, 6) is 1.10. The third-order valence-electron chi connectivity index (χ3n) is 6.21. The highest BCUT2D eigenvalue weighted by Crippen LogP contribution is 2.34. The van der Waals surface area contributed by atoms with Crippen molar-refractivity contribution in [1.82, 2.24) is 14.8 Å². The number of hydrogen-bond donors (Lipinski definition) is 0. The summed E-state index contributed by atoms with van der Waals surface area (Å²) in [6.45, 7) is 1.04. The highest BCUT2D eigenvalue weighted by Gasteiger charge is 2.37. The molecular formula is C23H29N3O2. The van der Waals surface area contributed by atoms with Crippen LogP contribution in [0.3, 0.4) is 0 Å². The first kappa shape index (κ1) is 18.9. The van der Waals surface area contributed by atoms with Crippen molar-refractivity contribution in [3.8, 4) is 16.9 Å². The predicted molar refractivity (Wildman–Crippen MR) is 110 cm³/mol. The number of ether oxygens (including phenoxy) is 1. The van der Waals surface area contributed by atoms with Gasteiger partial charge < -0.3 is 9.64 Å². The summed E-state index contributed by atoms with van der Waals surface area (Å²) in [6, 6.07) is 9.13. The number of carbonyl (C=O) groups excluding carboxylic acids is 1. The number of benzene rings is 1. The molecule has 28 heavy (non-hydrogen) atoms. The molecule has 1 amide bonds. The average molecular weight is 380 g/mol. The van der Waals surface area contributed by atoms with Crippen LogP contribution in [0.4, 0.5) is 0 Å². The SMILES string of the molecule is COc1ccncc1-c1ccc2c(c1)CCC(N1CCCC1C(=O)N(C)C)C2. The number of likely N-dealkylation sites (tertiary alicyclic amines) is 1. The number of pyridine rings is 1. The zero-order valence-electron chi connectivity index (χ0n) is 17.0. The number of methoxy groups -OCH3 is 1. The van der Waals surface area contributed by atoms with Crippen molar-refractivity contribution in [1.29, 1.82) is 0 Å². The Morgan fingerprint density at radius 1 is 1.21 bits per heavy atom. The van der Waals surface area contributed by atoms with Gasteiger partial charge in [0, 0.05) is 38.1 Å². The van der Waals surface area contributed by atoms with E-state index in [-0.39, 0.29) is 11.9 Å². The van der Waals surface area contributed by atoms with Gasteiger partial charge in [0.15, 0.2) is 0 Å². The van der Waals surface area contributed by atoms with Crippen LogP contribution in [-0.4, -0.2) is 60.5 Å². The molecule has 2 atom stereocenters. The second-order valence-corrected chi connectivity index (χ2v) is 8.08. The molecule has 0 spiro atoms. The molecular weight excluding hydrogens is 350 g/mol. The van der Waals surface area contributed by atoms with Crippen LogP contribution in [0.1, 0.15) is 30.4 Å². The lowest BCUT2D eigenvalue weighted by atomic mass is 9.85. The summed E-state index contributed by atoms with van der Waals surface area (Å²) in [6.07, 6.45) is 8.92. The Morgan fingerprint density at radius 2 is 2.07 bits per heavy atom. The Kier molecular flexibility index (Phi) is 5.36. The van der Waals surface area contributed by atoms with Crippen molar-refractivity contribution >= 4 is 5.91 Å². The molecule has 148 valence electrons. The molecule has 2 unspecified atom stereocenters. The Morgan fingerprint density at radius 3 is 2.86 bits per heavy atom. The molecule has 2 heterocycles. The van der Waals surface area contributed by atoms with E-state index in [1.165, 1.54) is 11.1 Å². The van der Waals surface area contributed by atoms with Crippen LogP contribution in [-0.2, 0) is 17.6 Å². The number of rotatable bonds is 4. The maximum Gasteiger partial charge on any atom is 0.239 e. The minimum Gasteiger partial charge on any atom is -0.496 e. The van der Waals surface area contributed by atoms with E-state index >= 15 is 0 Å². The van der Waals surface area contributed by atoms with Crippen molar-refractivity contribution in [3.05, 3.63) is 47.8 Å². The number of amides is 1. The van der Waals surface area contributed by atoms with Gasteiger partial charge in [-0.25, -0.2) is 0 Å². The second-order valence-electron chi connectivity index (χ2n) is 8.08. The van der Waals surface area contributed by atoms with Crippen LogP contribution < -0.4 is 4.74 Å². The maximum absolute atomic E-state index is 12.6. The molecule has 1 fully saturated rings. The van der Waals surface area contributed by atoms with Gasteiger partial charge in [0.25, 0.3) is 0 Å². The first-order valence-corrected chi connectivity index (χ1v) is 10.2. The fourth-order valence-corrected chi connectivity index (χ4v) is 4.75. The van der Waals surface area contributed by atoms with Crippen LogP contribution in [0.15, 0.2) is 36.7 Å². The third-order valence-corrected chi connectivity index (χ3v) is 6.21. The van der Waals surface area contributed by atoms with Crippen LogP contribution in [0, 0.1) is 0 Å². The van der Waals surface area contributed by atoms with E-state index in [0.29, 0.717) is 6.04 Å². The average Bonchev–Trinajstić information content (AvgIpc) is 3.22.